The Balaban J connectivity index is 2.52. The van der Waals surface area contributed by atoms with E-state index in [1.54, 1.807) is 0 Å². The van der Waals surface area contributed by atoms with Crippen LogP contribution in [0.3, 0.4) is 0 Å². The Bertz CT molecular complexity index is 450. The van der Waals surface area contributed by atoms with E-state index in [1.165, 1.54) is 0 Å². The average Bonchev–Trinajstić information content (AvgIpc) is 2.39. The van der Waals surface area contributed by atoms with Gasteiger partial charge in [0.25, 0.3) is 0 Å². The first-order chi connectivity index (χ1) is 9.07. The van der Waals surface area contributed by atoms with E-state index in [1.807, 2.05) is 37.3 Å². The minimum Gasteiger partial charge on any atom is -0.381 e. The molecule has 6 heteroatoms. The van der Waals surface area contributed by atoms with Gasteiger partial charge in [-0.25, -0.2) is 13.1 Å². The van der Waals surface area contributed by atoms with Gasteiger partial charge in [0.1, 0.15) is 0 Å². The molecule has 0 saturated carbocycles. The van der Waals surface area contributed by atoms with Crippen LogP contribution in [0, 0.1) is 0 Å². The number of alkyl halides is 1. The van der Waals surface area contributed by atoms with Crippen LogP contribution in [-0.2, 0) is 21.2 Å². The first-order valence-corrected chi connectivity index (χ1v) is 9.02. The van der Waals surface area contributed by atoms with Crippen molar-refractivity contribution in [1.29, 1.82) is 0 Å². The van der Waals surface area contributed by atoms with Crippen molar-refractivity contribution in [1.82, 2.24) is 4.72 Å². The molecule has 4 nitrogen and oxygen atoms in total. The van der Waals surface area contributed by atoms with Gasteiger partial charge in [-0.15, -0.1) is 0 Å². The Morgan fingerprint density at radius 2 is 2.00 bits per heavy atom. The normalized spacial score (nSPS) is 13.4. The van der Waals surface area contributed by atoms with Gasteiger partial charge in [0.15, 0.2) is 0 Å². The monoisotopic (exact) mass is 349 g/mol. The lowest BCUT2D eigenvalue weighted by atomic mass is 10.1. The molecule has 0 saturated heterocycles. The Kier molecular flexibility index (Phi) is 7.60. The zero-order chi connectivity index (χ0) is 14.1. The molecule has 1 atom stereocenters. The molecule has 0 spiro atoms. The van der Waals surface area contributed by atoms with Gasteiger partial charge in [-0.1, -0.05) is 46.3 Å². The highest BCUT2D eigenvalue weighted by atomic mass is 79.9. The van der Waals surface area contributed by atoms with Crippen molar-refractivity contribution in [3.63, 3.8) is 0 Å². The first kappa shape index (κ1) is 16.6. The van der Waals surface area contributed by atoms with Gasteiger partial charge in [0.2, 0.25) is 10.0 Å². The molecule has 1 aromatic rings. The minimum atomic E-state index is -3.29. The zero-order valence-corrected chi connectivity index (χ0v) is 13.4. The van der Waals surface area contributed by atoms with E-state index < -0.39 is 10.0 Å². The highest BCUT2D eigenvalue weighted by molar-refractivity contribution is 9.09. The van der Waals surface area contributed by atoms with E-state index >= 15 is 0 Å². The van der Waals surface area contributed by atoms with Crippen LogP contribution in [0.5, 0.6) is 0 Å². The Morgan fingerprint density at radius 1 is 1.32 bits per heavy atom. The van der Waals surface area contributed by atoms with Crippen molar-refractivity contribution in [2.45, 2.75) is 19.4 Å². The summed E-state index contributed by atoms with van der Waals surface area (Å²) in [6.45, 7) is 2.60. The van der Waals surface area contributed by atoms with Crippen LogP contribution in [0.4, 0.5) is 0 Å². The number of ether oxygens (including phenoxy) is 1. The summed E-state index contributed by atoms with van der Waals surface area (Å²) in [6, 6.07) is 9.68. The van der Waals surface area contributed by atoms with Gasteiger partial charge >= 0.3 is 0 Å². The molecule has 0 radical (unpaired) electrons. The van der Waals surface area contributed by atoms with Gasteiger partial charge in [-0.05, 0) is 18.9 Å². The van der Waals surface area contributed by atoms with Crippen LogP contribution in [-0.4, -0.2) is 38.8 Å². The number of hydrogen-bond acceptors (Lipinski definition) is 3. The third kappa shape index (κ3) is 7.06. The van der Waals surface area contributed by atoms with E-state index in [-0.39, 0.29) is 18.4 Å². The maximum Gasteiger partial charge on any atom is 0.214 e. The van der Waals surface area contributed by atoms with Gasteiger partial charge in [0, 0.05) is 18.0 Å². The van der Waals surface area contributed by atoms with Crippen molar-refractivity contribution in [3.05, 3.63) is 35.9 Å². The molecule has 0 fully saturated rings. The second-order valence-electron chi connectivity index (χ2n) is 4.17. The molecule has 0 bridgehead atoms. The van der Waals surface area contributed by atoms with Crippen LogP contribution < -0.4 is 4.72 Å². The molecule has 0 aliphatic carbocycles. The molecule has 0 heterocycles. The molecular weight excluding hydrogens is 330 g/mol. The lowest BCUT2D eigenvalue weighted by molar-refractivity contribution is 0.163. The van der Waals surface area contributed by atoms with Crippen molar-refractivity contribution in [2.75, 3.05) is 24.3 Å². The summed E-state index contributed by atoms with van der Waals surface area (Å²) in [7, 11) is -3.29. The second-order valence-corrected chi connectivity index (χ2v) is 6.70. The highest BCUT2D eigenvalue weighted by Gasteiger charge is 2.17. The van der Waals surface area contributed by atoms with Gasteiger partial charge in [0.05, 0.1) is 12.4 Å². The fourth-order valence-corrected chi connectivity index (χ4v) is 3.39. The van der Waals surface area contributed by atoms with Crippen molar-refractivity contribution < 1.29 is 13.2 Å². The van der Waals surface area contributed by atoms with E-state index in [4.69, 9.17) is 4.74 Å². The smallest absolute Gasteiger partial charge is 0.214 e. The van der Waals surface area contributed by atoms with Gasteiger partial charge in [-0.3, -0.25) is 0 Å². The van der Waals surface area contributed by atoms with Crippen LogP contribution in [0.1, 0.15) is 12.5 Å². The molecule has 0 aliphatic rings. The van der Waals surface area contributed by atoms with Crippen molar-refractivity contribution >= 4 is 26.0 Å². The minimum absolute atomic E-state index is 0.000863. The predicted molar refractivity (Wildman–Crippen MR) is 81.1 cm³/mol. The van der Waals surface area contributed by atoms with Crippen molar-refractivity contribution in [3.8, 4) is 0 Å². The van der Waals surface area contributed by atoms with Crippen LogP contribution in [0.25, 0.3) is 0 Å². The molecule has 1 N–H and O–H groups in total. The molecule has 1 unspecified atom stereocenters. The fraction of sp³-hybridized carbons (Fsp3) is 0.538. The molecular formula is C13H20BrNO3S. The summed E-state index contributed by atoms with van der Waals surface area (Å²) >= 11 is 3.35. The Morgan fingerprint density at radius 3 is 2.58 bits per heavy atom. The standard InChI is InChI=1S/C13H20BrNO3S/c1-2-18-8-9-19(16,17)15-13(11-14)10-12-6-4-3-5-7-12/h3-7,13,15H,2,8-11H2,1H3. The van der Waals surface area contributed by atoms with Gasteiger partial charge < -0.3 is 4.74 Å². The van der Waals surface area contributed by atoms with Crippen LogP contribution >= 0.6 is 15.9 Å². The summed E-state index contributed by atoms with van der Waals surface area (Å²) < 4.78 is 31.5. The molecule has 0 aromatic heterocycles. The highest BCUT2D eigenvalue weighted by Crippen LogP contribution is 2.06. The molecule has 0 amide bonds. The lowest BCUT2D eigenvalue weighted by Crippen LogP contribution is -2.39. The maximum absolute atomic E-state index is 11.9. The number of rotatable bonds is 9. The van der Waals surface area contributed by atoms with Crippen LogP contribution in [0.15, 0.2) is 30.3 Å². The molecule has 19 heavy (non-hydrogen) atoms. The molecule has 108 valence electrons. The predicted octanol–water partition coefficient (Wildman–Crippen LogP) is 1.95. The van der Waals surface area contributed by atoms with E-state index in [9.17, 15) is 8.42 Å². The summed E-state index contributed by atoms with van der Waals surface area (Å²) in [5.41, 5.74) is 1.11. The number of nitrogens with one attached hydrogen (secondary N) is 1. The van der Waals surface area contributed by atoms with E-state index in [0.29, 0.717) is 18.4 Å². The quantitative estimate of drug-likeness (QED) is 0.547. The average molecular weight is 350 g/mol. The van der Waals surface area contributed by atoms with Gasteiger partial charge in [-0.2, -0.15) is 0 Å². The summed E-state index contributed by atoms with van der Waals surface area (Å²) in [6.07, 6.45) is 0.667. The molecule has 1 aromatic carbocycles. The number of halogens is 1. The van der Waals surface area contributed by atoms with Crippen molar-refractivity contribution in [2.24, 2.45) is 0 Å². The topological polar surface area (TPSA) is 55.4 Å². The molecule has 0 aliphatic heterocycles. The summed E-state index contributed by atoms with van der Waals surface area (Å²) in [4.78, 5) is 0. The third-order valence-electron chi connectivity index (χ3n) is 2.56. The molecule has 1 rings (SSSR count). The summed E-state index contributed by atoms with van der Waals surface area (Å²) in [5.74, 6) is -0.000863. The number of hydrogen-bond donors (Lipinski definition) is 1. The number of benzene rings is 1. The third-order valence-corrected chi connectivity index (χ3v) is 4.74. The van der Waals surface area contributed by atoms with E-state index in [0.717, 1.165) is 5.56 Å². The SMILES string of the molecule is CCOCCS(=O)(=O)NC(CBr)Cc1ccccc1. The number of sulfonamides is 1. The zero-order valence-electron chi connectivity index (χ0n) is 11.0. The van der Waals surface area contributed by atoms with Crippen LogP contribution in [0.2, 0.25) is 0 Å². The fourth-order valence-electron chi connectivity index (χ4n) is 1.65. The first-order valence-electron chi connectivity index (χ1n) is 6.25. The Hall–Kier alpha value is -0.430. The lowest BCUT2D eigenvalue weighted by Gasteiger charge is -2.16. The summed E-state index contributed by atoms with van der Waals surface area (Å²) in [5, 5.41) is 0.579. The largest absolute Gasteiger partial charge is 0.381 e. The maximum atomic E-state index is 11.9. The van der Waals surface area contributed by atoms with E-state index in [2.05, 4.69) is 20.7 Å². The Labute approximate surface area is 123 Å². The second kappa shape index (κ2) is 8.68.